The van der Waals surface area contributed by atoms with Gasteiger partial charge in [-0.15, -0.1) is 0 Å². The lowest BCUT2D eigenvalue weighted by Crippen LogP contribution is -2.46. The van der Waals surface area contributed by atoms with Crippen LogP contribution in [0.2, 0.25) is 0 Å². The first-order valence-corrected chi connectivity index (χ1v) is 11.7. The van der Waals surface area contributed by atoms with Crippen LogP contribution in [0, 0.1) is 6.92 Å². The third-order valence-corrected chi connectivity index (χ3v) is 6.45. The summed E-state index contributed by atoms with van der Waals surface area (Å²) < 4.78 is 16.6. The quantitative estimate of drug-likeness (QED) is 0.655. The SMILES string of the molecule is Cc1ccc2c(c1)C=C(C(=O)NCCCCN1CCN(c3ccc4c(c3)OCO4)CC1)CO2. The molecular formula is C26H31N3O4. The summed E-state index contributed by atoms with van der Waals surface area (Å²) >= 11 is 0. The van der Waals surface area contributed by atoms with Gasteiger partial charge in [0.05, 0.1) is 5.57 Å². The van der Waals surface area contributed by atoms with Gasteiger partial charge in [-0.3, -0.25) is 9.69 Å². The number of ether oxygens (including phenoxy) is 3. The van der Waals surface area contributed by atoms with Crippen molar-refractivity contribution in [3.05, 3.63) is 53.1 Å². The molecule has 0 aromatic heterocycles. The number of amides is 1. The van der Waals surface area contributed by atoms with E-state index in [0.717, 1.165) is 73.9 Å². The number of hydrogen-bond acceptors (Lipinski definition) is 6. The van der Waals surface area contributed by atoms with Crippen molar-refractivity contribution >= 4 is 17.7 Å². The molecule has 0 atom stereocenters. The molecule has 7 nitrogen and oxygen atoms in total. The molecule has 5 rings (SSSR count). The van der Waals surface area contributed by atoms with E-state index in [1.807, 2.05) is 37.3 Å². The smallest absolute Gasteiger partial charge is 0.250 e. The molecule has 174 valence electrons. The van der Waals surface area contributed by atoms with Gasteiger partial charge in [0.15, 0.2) is 11.5 Å². The lowest BCUT2D eigenvalue weighted by atomic mass is 10.0. The van der Waals surface area contributed by atoms with Crippen LogP contribution in [0.1, 0.15) is 24.0 Å². The highest BCUT2D eigenvalue weighted by Gasteiger charge is 2.20. The molecule has 33 heavy (non-hydrogen) atoms. The number of unbranched alkanes of at least 4 members (excludes halogenated alkanes) is 1. The van der Waals surface area contributed by atoms with Crippen LogP contribution in [0.15, 0.2) is 42.0 Å². The summed E-state index contributed by atoms with van der Waals surface area (Å²) in [6.45, 7) is 8.53. The first kappa shape index (κ1) is 21.6. The number of fused-ring (bicyclic) bond motifs is 2. The molecule has 0 radical (unpaired) electrons. The Morgan fingerprint density at radius 3 is 2.64 bits per heavy atom. The van der Waals surface area contributed by atoms with E-state index in [4.69, 9.17) is 14.2 Å². The number of carbonyl (C=O) groups excluding carboxylic acids is 1. The Morgan fingerprint density at radius 1 is 0.939 bits per heavy atom. The topological polar surface area (TPSA) is 63.3 Å². The highest BCUT2D eigenvalue weighted by atomic mass is 16.7. The number of nitrogens with one attached hydrogen (secondary N) is 1. The van der Waals surface area contributed by atoms with Gasteiger partial charge < -0.3 is 24.4 Å². The maximum Gasteiger partial charge on any atom is 0.250 e. The van der Waals surface area contributed by atoms with E-state index in [0.29, 0.717) is 25.5 Å². The molecular weight excluding hydrogens is 418 g/mol. The van der Waals surface area contributed by atoms with E-state index >= 15 is 0 Å². The van der Waals surface area contributed by atoms with Gasteiger partial charge in [0, 0.05) is 50.0 Å². The van der Waals surface area contributed by atoms with Crippen molar-refractivity contribution in [2.75, 3.05) is 57.6 Å². The minimum Gasteiger partial charge on any atom is -0.488 e. The Hall–Kier alpha value is -3.19. The van der Waals surface area contributed by atoms with Crippen LogP contribution in [0.3, 0.4) is 0 Å². The van der Waals surface area contributed by atoms with Crippen LogP contribution in [0.5, 0.6) is 17.2 Å². The van der Waals surface area contributed by atoms with Gasteiger partial charge in [-0.05, 0) is 56.7 Å². The van der Waals surface area contributed by atoms with Crippen LogP contribution in [0.25, 0.3) is 6.08 Å². The lowest BCUT2D eigenvalue weighted by molar-refractivity contribution is -0.117. The van der Waals surface area contributed by atoms with Gasteiger partial charge in [0.1, 0.15) is 12.4 Å². The average molecular weight is 450 g/mol. The number of carbonyl (C=O) groups is 1. The normalized spacial score (nSPS) is 17.2. The molecule has 1 amide bonds. The Kier molecular flexibility index (Phi) is 6.39. The van der Waals surface area contributed by atoms with E-state index in [2.05, 4.69) is 27.2 Å². The standard InChI is InChI=1S/C26H31N3O4/c1-19-4-6-23-20(14-19)15-21(17-31-23)26(30)27-8-2-3-9-28-10-12-29(13-11-28)22-5-7-24-25(16-22)33-18-32-24/h4-7,14-16H,2-3,8-13,17-18H2,1H3,(H,27,30). The molecule has 1 N–H and O–H groups in total. The van der Waals surface area contributed by atoms with Crippen molar-refractivity contribution in [3.63, 3.8) is 0 Å². The second kappa shape index (κ2) is 9.75. The predicted molar refractivity (Wildman–Crippen MR) is 128 cm³/mol. The second-order valence-electron chi connectivity index (χ2n) is 8.83. The molecule has 0 aliphatic carbocycles. The van der Waals surface area contributed by atoms with Crippen LogP contribution in [0.4, 0.5) is 5.69 Å². The summed E-state index contributed by atoms with van der Waals surface area (Å²) in [7, 11) is 0. The number of rotatable bonds is 7. The zero-order chi connectivity index (χ0) is 22.6. The first-order chi connectivity index (χ1) is 16.2. The molecule has 2 aromatic rings. The van der Waals surface area contributed by atoms with Gasteiger partial charge in [0.2, 0.25) is 6.79 Å². The fourth-order valence-corrected chi connectivity index (χ4v) is 4.52. The molecule has 0 unspecified atom stereocenters. The lowest BCUT2D eigenvalue weighted by Gasteiger charge is -2.36. The summed E-state index contributed by atoms with van der Waals surface area (Å²) in [6.07, 6.45) is 3.99. The van der Waals surface area contributed by atoms with Gasteiger partial charge in [-0.1, -0.05) is 11.6 Å². The molecule has 0 spiro atoms. The number of nitrogens with zero attached hydrogens (tertiary/aromatic N) is 2. The van der Waals surface area contributed by atoms with Crippen LogP contribution >= 0.6 is 0 Å². The Balaban J connectivity index is 1.00. The summed E-state index contributed by atoms with van der Waals surface area (Å²) in [5.41, 5.74) is 4.02. The molecule has 1 saturated heterocycles. The monoisotopic (exact) mass is 449 g/mol. The van der Waals surface area contributed by atoms with Crippen molar-refractivity contribution in [1.82, 2.24) is 10.2 Å². The van der Waals surface area contributed by atoms with Crippen LogP contribution < -0.4 is 24.4 Å². The molecule has 2 aromatic carbocycles. The first-order valence-electron chi connectivity index (χ1n) is 11.7. The fraction of sp³-hybridized carbons (Fsp3) is 0.423. The summed E-state index contributed by atoms with van der Waals surface area (Å²) in [4.78, 5) is 17.4. The number of anilines is 1. The largest absolute Gasteiger partial charge is 0.488 e. The minimum absolute atomic E-state index is 0.0282. The average Bonchev–Trinajstić information content (AvgIpc) is 3.31. The van der Waals surface area contributed by atoms with Gasteiger partial charge >= 0.3 is 0 Å². The van der Waals surface area contributed by atoms with Gasteiger partial charge in [-0.25, -0.2) is 0 Å². The maximum absolute atomic E-state index is 12.5. The molecule has 3 heterocycles. The van der Waals surface area contributed by atoms with Crippen molar-refractivity contribution in [3.8, 4) is 17.2 Å². The Bertz CT molecular complexity index is 1040. The molecule has 3 aliphatic heterocycles. The fourth-order valence-electron chi connectivity index (χ4n) is 4.52. The van der Waals surface area contributed by atoms with Crippen molar-refractivity contribution in [2.45, 2.75) is 19.8 Å². The van der Waals surface area contributed by atoms with E-state index in [-0.39, 0.29) is 5.91 Å². The van der Waals surface area contributed by atoms with Gasteiger partial charge in [-0.2, -0.15) is 0 Å². The molecule has 7 heteroatoms. The van der Waals surface area contributed by atoms with E-state index in [1.54, 1.807) is 0 Å². The highest BCUT2D eigenvalue weighted by molar-refractivity contribution is 5.99. The molecule has 0 bridgehead atoms. The molecule has 1 fully saturated rings. The van der Waals surface area contributed by atoms with Crippen LogP contribution in [-0.2, 0) is 4.79 Å². The van der Waals surface area contributed by atoms with Gasteiger partial charge in [0.25, 0.3) is 5.91 Å². The van der Waals surface area contributed by atoms with E-state index in [9.17, 15) is 4.79 Å². The van der Waals surface area contributed by atoms with Crippen LogP contribution in [-0.4, -0.2) is 63.5 Å². The third kappa shape index (κ3) is 5.09. The van der Waals surface area contributed by atoms with Crippen molar-refractivity contribution < 1.29 is 19.0 Å². The predicted octanol–water partition coefficient (Wildman–Crippen LogP) is 3.22. The molecule has 0 saturated carbocycles. The Morgan fingerprint density at radius 2 is 1.76 bits per heavy atom. The van der Waals surface area contributed by atoms with E-state index < -0.39 is 0 Å². The Labute approximate surface area is 194 Å². The number of piperazine rings is 1. The number of aryl methyl sites for hydroxylation is 1. The highest BCUT2D eigenvalue weighted by Crippen LogP contribution is 2.35. The molecule has 3 aliphatic rings. The number of hydrogen-bond donors (Lipinski definition) is 1. The zero-order valence-electron chi connectivity index (χ0n) is 19.1. The summed E-state index contributed by atoms with van der Waals surface area (Å²) in [5, 5.41) is 3.05. The summed E-state index contributed by atoms with van der Waals surface area (Å²) in [5.74, 6) is 2.49. The second-order valence-corrected chi connectivity index (χ2v) is 8.83. The maximum atomic E-state index is 12.5. The van der Waals surface area contributed by atoms with E-state index in [1.165, 1.54) is 5.69 Å². The minimum atomic E-state index is -0.0282. The summed E-state index contributed by atoms with van der Waals surface area (Å²) in [6, 6.07) is 12.2. The number of benzene rings is 2. The van der Waals surface area contributed by atoms with Crippen molar-refractivity contribution in [2.24, 2.45) is 0 Å². The third-order valence-electron chi connectivity index (χ3n) is 6.45. The zero-order valence-corrected chi connectivity index (χ0v) is 19.1. The van der Waals surface area contributed by atoms with Crippen molar-refractivity contribution in [1.29, 1.82) is 0 Å².